The topological polar surface area (TPSA) is 76.7 Å². The van der Waals surface area contributed by atoms with E-state index in [1.165, 1.54) is 0 Å². The van der Waals surface area contributed by atoms with Crippen molar-refractivity contribution in [2.24, 2.45) is 5.92 Å². The molecule has 0 saturated heterocycles. The molecule has 28 heavy (non-hydrogen) atoms. The van der Waals surface area contributed by atoms with E-state index in [2.05, 4.69) is 10.6 Å². The molecular formula is C22H26N2O4. The molecular weight excluding hydrogens is 356 g/mol. The summed E-state index contributed by atoms with van der Waals surface area (Å²) in [6, 6.07) is 12.6. The molecule has 0 atom stereocenters. The normalized spacial score (nSPS) is 13.4. The fourth-order valence-corrected chi connectivity index (χ4v) is 3.04. The molecule has 0 bridgehead atoms. The molecule has 0 heterocycles. The zero-order valence-corrected chi connectivity index (χ0v) is 16.3. The van der Waals surface area contributed by atoms with Crippen molar-refractivity contribution >= 4 is 17.5 Å². The van der Waals surface area contributed by atoms with Gasteiger partial charge >= 0.3 is 0 Å². The Hall–Kier alpha value is -3.02. The minimum absolute atomic E-state index is 0.0777. The second-order valence-corrected chi connectivity index (χ2v) is 6.80. The van der Waals surface area contributed by atoms with Crippen LogP contribution in [-0.4, -0.2) is 25.5 Å². The van der Waals surface area contributed by atoms with Crippen molar-refractivity contribution in [2.75, 3.05) is 19.0 Å². The molecule has 2 N–H and O–H groups in total. The third-order valence-electron chi connectivity index (χ3n) is 4.85. The van der Waals surface area contributed by atoms with Crippen molar-refractivity contribution in [3.05, 3.63) is 53.6 Å². The Bertz CT molecular complexity index is 846. The summed E-state index contributed by atoms with van der Waals surface area (Å²) < 4.78 is 10.8. The van der Waals surface area contributed by atoms with Gasteiger partial charge in [-0.2, -0.15) is 0 Å². The van der Waals surface area contributed by atoms with E-state index >= 15 is 0 Å². The second-order valence-electron chi connectivity index (χ2n) is 6.80. The fraction of sp³-hybridized carbons (Fsp3) is 0.364. The minimum Gasteiger partial charge on any atom is -0.493 e. The van der Waals surface area contributed by atoms with Gasteiger partial charge in [0.1, 0.15) is 0 Å². The quantitative estimate of drug-likeness (QED) is 0.729. The Balaban J connectivity index is 1.59. The van der Waals surface area contributed by atoms with Crippen LogP contribution in [0.25, 0.3) is 0 Å². The highest BCUT2D eigenvalue weighted by atomic mass is 16.5. The van der Waals surface area contributed by atoms with Crippen LogP contribution in [0.5, 0.6) is 11.5 Å². The first-order valence-corrected chi connectivity index (χ1v) is 9.59. The lowest BCUT2D eigenvalue weighted by atomic mass is 9.85. The zero-order valence-electron chi connectivity index (χ0n) is 16.3. The highest BCUT2D eigenvalue weighted by molar-refractivity contribution is 5.95. The number of benzene rings is 2. The van der Waals surface area contributed by atoms with Gasteiger partial charge in [0.15, 0.2) is 11.5 Å². The molecule has 3 rings (SSSR count). The predicted molar refractivity (Wildman–Crippen MR) is 108 cm³/mol. The van der Waals surface area contributed by atoms with Gasteiger partial charge in [-0.05, 0) is 55.7 Å². The van der Waals surface area contributed by atoms with Gasteiger partial charge in [0.2, 0.25) is 5.91 Å². The minimum atomic E-state index is -0.203. The maximum absolute atomic E-state index is 12.5. The number of nitrogens with one attached hydrogen (secondary N) is 2. The highest BCUT2D eigenvalue weighted by Crippen LogP contribution is 2.28. The monoisotopic (exact) mass is 382 g/mol. The summed E-state index contributed by atoms with van der Waals surface area (Å²) in [5.74, 6) is 1.14. The molecule has 1 aliphatic rings. The third-order valence-corrected chi connectivity index (χ3v) is 4.85. The van der Waals surface area contributed by atoms with Crippen molar-refractivity contribution in [1.29, 1.82) is 0 Å². The molecule has 2 amide bonds. The van der Waals surface area contributed by atoms with E-state index in [-0.39, 0.29) is 17.7 Å². The number of hydrogen-bond acceptors (Lipinski definition) is 4. The van der Waals surface area contributed by atoms with Gasteiger partial charge in [-0.25, -0.2) is 0 Å². The van der Waals surface area contributed by atoms with E-state index in [1.807, 2.05) is 31.2 Å². The summed E-state index contributed by atoms with van der Waals surface area (Å²) in [4.78, 5) is 24.6. The Morgan fingerprint density at radius 2 is 1.93 bits per heavy atom. The average molecular weight is 382 g/mol. The molecule has 0 unspecified atom stereocenters. The summed E-state index contributed by atoms with van der Waals surface area (Å²) in [6.45, 7) is 2.78. The van der Waals surface area contributed by atoms with E-state index < -0.39 is 0 Å². The van der Waals surface area contributed by atoms with Crippen LogP contribution >= 0.6 is 0 Å². The van der Waals surface area contributed by atoms with E-state index in [0.717, 1.165) is 30.5 Å². The van der Waals surface area contributed by atoms with Crippen LogP contribution in [-0.2, 0) is 11.3 Å². The largest absolute Gasteiger partial charge is 0.493 e. The molecule has 0 radical (unpaired) electrons. The summed E-state index contributed by atoms with van der Waals surface area (Å²) in [6.07, 6.45) is 3.06. The molecule has 6 nitrogen and oxygen atoms in total. The van der Waals surface area contributed by atoms with E-state index in [9.17, 15) is 9.59 Å². The average Bonchev–Trinajstić information content (AvgIpc) is 2.65. The molecule has 2 aromatic carbocycles. The lowest BCUT2D eigenvalue weighted by Crippen LogP contribution is -2.28. The fourth-order valence-electron chi connectivity index (χ4n) is 3.04. The second kappa shape index (κ2) is 9.26. The number of carbonyl (C=O) groups is 2. The zero-order chi connectivity index (χ0) is 19.9. The maximum Gasteiger partial charge on any atom is 0.251 e. The number of hydrogen-bond donors (Lipinski definition) is 2. The molecule has 0 aromatic heterocycles. The summed E-state index contributed by atoms with van der Waals surface area (Å²) in [5.41, 5.74) is 2.17. The van der Waals surface area contributed by atoms with E-state index in [1.54, 1.807) is 25.3 Å². The lowest BCUT2D eigenvalue weighted by molar-refractivity contribution is -0.122. The van der Waals surface area contributed by atoms with Crippen LogP contribution in [0.4, 0.5) is 5.69 Å². The Labute approximate surface area is 165 Å². The number of methoxy groups -OCH3 is 1. The first-order chi connectivity index (χ1) is 13.6. The van der Waals surface area contributed by atoms with Crippen LogP contribution in [0.3, 0.4) is 0 Å². The molecule has 0 spiro atoms. The maximum atomic E-state index is 12.5. The van der Waals surface area contributed by atoms with Crippen molar-refractivity contribution in [3.8, 4) is 11.5 Å². The Kier molecular flexibility index (Phi) is 6.53. The first-order valence-electron chi connectivity index (χ1n) is 9.59. The molecule has 0 aliphatic heterocycles. The molecule has 1 fully saturated rings. The van der Waals surface area contributed by atoms with Crippen molar-refractivity contribution in [1.82, 2.24) is 5.32 Å². The number of carbonyl (C=O) groups excluding carboxylic acids is 2. The van der Waals surface area contributed by atoms with Crippen LogP contribution in [0, 0.1) is 5.92 Å². The van der Waals surface area contributed by atoms with Crippen LogP contribution in [0.2, 0.25) is 0 Å². The van der Waals surface area contributed by atoms with Gasteiger partial charge in [0.25, 0.3) is 5.91 Å². The third kappa shape index (κ3) is 4.82. The van der Waals surface area contributed by atoms with Crippen molar-refractivity contribution < 1.29 is 19.1 Å². The Morgan fingerprint density at radius 1 is 1.11 bits per heavy atom. The lowest BCUT2D eigenvalue weighted by Gasteiger charge is -2.24. The first kappa shape index (κ1) is 19.7. The smallest absolute Gasteiger partial charge is 0.251 e. The van der Waals surface area contributed by atoms with Crippen LogP contribution < -0.4 is 20.1 Å². The molecule has 148 valence electrons. The summed E-state index contributed by atoms with van der Waals surface area (Å²) in [5, 5.41) is 5.85. The Morgan fingerprint density at radius 3 is 2.61 bits per heavy atom. The molecule has 1 saturated carbocycles. The van der Waals surface area contributed by atoms with Crippen molar-refractivity contribution in [3.63, 3.8) is 0 Å². The molecule has 1 aliphatic carbocycles. The van der Waals surface area contributed by atoms with Gasteiger partial charge in [0, 0.05) is 23.7 Å². The summed E-state index contributed by atoms with van der Waals surface area (Å²) >= 11 is 0. The SMILES string of the molecule is CCOc1ccc(C(=O)NCc2cccc(NC(=O)C3CCC3)c2)cc1OC. The van der Waals surface area contributed by atoms with Crippen LogP contribution in [0.15, 0.2) is 42.5 Å². The number of ether oxygens (including phenoxy) is 2. The van der Waals surface area contributed by atoms with Gasteiger partial charge < -0.3 is 20.1 Å². The highest BCUT2D eigenvalue weighted by Gasteiger charge is 2.25. The number of amides is 2. The van der Waals surface area contributed by atoms with Crippen LogP contribution in [0.1, 0.15) is 42.1 Å². The molecule has 6 heteroatoms. The van der Waals surface area contributed by atoms with Gasteiger partial charge in [-0.1, -0.05) is 18.6 Å². The standard InChI is InChI=1S/C22H26N2O4/c1-3-28-19-11-10-17(13-20(19)27-2)21(25)23-14-15-6-4-9-18(12-15)24-22(26)16-7-5-8-16/h4,6,9-13,16H,3,5,7-8,14H2,1-2H3,(H,23,25)(H,24,26). The number of anilines is 1. The van der Waals surface area contributed by atoms with Crippen molar-refractivity contribution in [2.45, 2.75) is 32.7 Å². The predicted octanol–water partition coefficient (Wildman–Crippen LogP) is 3.76. The van der Waals surface area contributed by atoms with E-state index in [0.29, 0.717) is 30.2 Å². The van der Waals surface area contributed by atoms with Gasteiger partial charge in [-0.15, -0.1) is 0 Å². The van der Waals surface area contributed by atoms with Gasteiger partial charge in [0.05, 0.1) is 13.7 Å². The molecule has 2 aromatic rings. The number of rotatable bonds is 8. The van der Waals surface area contributed by atoms with E-state index in [4.69, 9.17) is 9.47 Å². The summed E-state index contributed by atoms with van der Waals surface area (Å²) in [7, 11) is 1.54. The van der Waals surface area contributed by atoms with Gasteiger partial charge in [-0.3, -0.25) is 9.59 Å².